The van der Waals surface area contributed by atoms with E-state index in [0.29, 0.717) is 19.3 Å². The maximum atomic E-state index is 13.4. The van der Waals surface area contributed by atoms with Gasteiger partial charge in [-0.15, -0.1) is 0 Å². The number of hydrogen-bond donors (Lipinski definition) is 5. The van der Waals surface area contributed by atoms with Crippen LogP contribution in [0.4, 0.5) is 0 Å². The highest BCUT2D eigenvalue weighted by atomic mass is 16.6. The lowest BCUT2D eigenvalue weighted by Gasteiger charge is -2.32. The van der Waals surface area contributed by atoms with E-state index >= 15 is 0 Å². The van der Waals surface area contributed by atoms with Crippen molar-refractivity contribution in [2.75, 3.05) is 145 Å². The second kappa shape index (κ2) is 73.1. The highest BCUT2D eigenvalue weighted by Gasteiger charge is 2.37. The van der Waals surface area contributed by atoms with Crippen LogP contribution < -0.4 is 0 Å². The summed E-state index contributed by atoms with van der Waals surface area (Å²) in [6.45, 7) is 3.51. The second-order valence-corrected chi connectivity index (χ2v) is 28.3. The fourth-order valence-electron chi connectivity index (χ4n) is 12.2. The molecule has 0 amide bonds. The van der Waals surface area contributed by atoms with Gasteiger partial charge >= 0.3 is 53.7 Å². The average Bonchev–Trinajstić information content (AvgIpc) is 0.871. The normalized spacial score (nSPS) is 11.9. The Labute approximate surface area is 630 Å². The molecule has 0 rings (SSSR count). The van der Waals surface area contributed by atoms with Crippen LogP contribution >= 0.6 is 0 Å². The van der Waals surface area contributed by atoms with Crippen LogP contribution in [0.15, 0.2) is 0 Å². The Kier molecular flexibility index (Phi) is 69.5. The summed E-state index contributed by atoms with van der Waals surface area (Å²) in [7, 11) is 0. The fourth-order valence-corrected chi connectivity index (χ4v) is 12.2. The SMILES string of the molecule is CCCCCCCCCCCCCCCC(=O)OCC(COCCOCCOCCOCCOCCOC(=O)CC(C(=O)O)N(CCN(CC(=O)O)CC(=O)O)CCN(CC(=O)O)CC(=O)O)(COC(=O)CCCCCCCCCCCCCCC)COC(=O)CCCCCCCCCCCCCCC. The molecule has 0 fully saturated rings. The Morgan fingerprint density at radius 3 is 0.762 bits per heavy atom. The molecule has 0 aliphatic rings. The Bertz CT molecular complexity index is 1980. The molecule has 0 saturated carbocycles. The van der Waals surface area contributed by atoms with Crippen molar-refractivity contribution < 1.29 is 111 Å². The number of aliphatic carboxylic acids is 5. The van der Waals surface area contributed by atoms with Crippen LogP contribution in [0, 0.1) is 5.41 Å². The van der Waals surface area contributed by atoms with Crippen molar-refractivity contribution in [2.24, 2.45) is 5.41 Å². The lowest BCUT2D eigenvalue weighted by molar-refractivity contribution is -0.168. The van der Waals surface area contributed by atoms with Crippen molar-refractivity contribution in [3.05, 3.63) is 0 Å². The molecular weight excluding hydrogens is 1360 g/mol. The maximum absolute atomic E-state index is 13.4. The standard InChI is InChI=1S/C79H145N3O23/c1-4-7-10-13-16-19-22-25-28-31-34-37-40-43-74(91)103-66-79(67-104-75(92)44-41-38-35-32-29-26-23-20-17-14-11-8-5-2,68-105-76(93)45-42-39-36-33-30-27-24-21-18-15-12-9-6-3)65-101-57-56-99-53-52-97-50-51-98-54-55-100-58-59-102-77(94)60-69(78(95)96)82(48-46-80(61-70(83)84)62-71(85)86)49-47-81(63-72(87)88)64-73(89)90/h69H,4-68H2,1-3H3,(H,83,84)(H,85,86)(H,87,88)(H,89,90)(H,95,96). The van der Waals surface area contributed by atoms with Crippen molar-refractivity contribution in [1.29, 1.82) is 0 Å². The highest BCUT2D eigenvalue weighted by Crippen LogP contribution is 2.24. The molecule has 0 aliphatic heterocycles. The van der Waals surface area contributed by atoms with Crippen LogP contribution in [0.25, 0.3) is 0 Å². The number of carbonyl (C=O) groups is 9. The van der Waals surface area contributed by atoms with Crippen molar-refractivity contribution in [3.63, 3.8) is 0 Å². The molecular formula is C79H145N3O23. The number of carboxylic acid groups (broad SMARTS) is 5. The van der Waals surface area contributed by atoms with E-state index in [4.69, 9.17) is 42.6 Å². The third-order valence-electron chi connectivity index (χ3n) is 18.4. The van der Waals surface area contributed by atoms with E-state index in [1.165, 1.54) is 178 Å². The zero-order chi connectivity index (χ0) is 77.3. The van der Waals surface area contributed by atoms with Crippen LogP contribution in [0.2, 0.25) is 0 Å². The number of hydrogen-bond acceptors (Lipinski definition) is 21. The van der Waals surface area contributed by atoms with Crippen molar-refractivity contribution in [2.45, 2.75) is 303 Å². The molecule has 0 aromatic carbocycles. The van der Waals surface area contributed by atoms with Gasteiger partial charge in [0, 0.05) is 45.4 Å². The first-order chi connectivity index (χ1) is 50.9. The van der Waals surface area contributed by atoms with E-state index in [2.05, 4.69) is 20.8 Å². The Hall–Kier alpha value is -5.09. The van der Waals surface area contributed by atoms with Gasteiger partial charge in [-0.2, -0.15) is 0 Å². The number of unbranched alkanes of at least 4 members (excludes halogenated alkanes) is 36. The summed E-state index contributed by atoms with van der Waals surface area (Å²) in [4.78, 5) is 114. The van der Waals surface area contributed by atoms with Crippen molar-refractivity contribution in [1.82, 2.24) is 14.7 Å². The largest absolute Gasteiger partial charge is 0.480 e. The van der Waals surface area contributed by atoms with Gasteiger partial charge in [-0.3, -0.25) is 57.9 Å². The first-order valence-corrected chi connectivity index (χ1v) is 40.7. The summed E-state index contributed by atoms with van der Waals surface area (Å²) >= 11 is 0. The van der Waals surface area contributed by atoms with Gasteiger partial charge in [0.15, 0.2) is 0 Å². The quantitative estimate of drug-likeness (QED) is 0.0214. The minimum Gasteiger partial charge on any atom is -0.480 e. The zero-order valence-electron chi connectivity index (χ0n) is 65.5. The Balaban J connectivity index is 5.49. The third-order valence-corrected chi connectivity index (χ3v) is 18.4. The molecule has 0 bridgehead atoms. The molecule has 0 aromatic heterocycles. The summed E-state index contributed by atoms with van der Waals surface area (Å²) in [5.74, 6) is -8.90. The second-order valence-electron chi connectivity index (χ2n) is 28.3. The molecule has 0 heterocycles. The average molecular weight is 1510 g/mol. The third kappa shape index (κ3) is 68.0. The van der Waals surface area contributed by atoms with Crippen molar-refractivity contribution in [3.8, 4) is 0 Å². The molecule has 1 unspecified atom stereocenters. The summed E-state index contributed by atoms with van der Waals surface area (Å²) < 4.78 is 51.8. The molecule has 0 aliphatic carbocycles. The van der Waals surface area contributed by atoms with Crippen LogP contribution in [0.5, 0.6) is 0 Å². The molecule has 5 N–H and O–H groups in total. The zero-order valence-corrected chi connectivity index (χ0v) is 65.5. The van der Waals surface area contributed by atoms with E-state index in [1.54, 1.807) is 0 Å². The fraction of sp³-hybridized carbons (Fsp3) is 0.886. The van der Waals surface area contributed by atoms with Crippen LogP contribution in [0.3, 0.4) is 0 Å². The first-order valence-electron chi connectivity index (χ1n) is 40.7. The minimum absolute atomic E-state index is 0.0346. The lowest BCUT2D eigenvalue weighted by Crippen LogP contribution is -2.50. The summed E-state index contributed by atoms with van der Waals surface area (Å²) in [6.07, 6.45) is 46.3. The van der Waals surface area contributed by atoms with Gasteiger partial charge < -0.3 is 68.2 Å². The maximum Gasteiger partial charge on any atom is 0.321 e. The van der Waals surface area contributed by atoms with Crippen molar-refractivity contribution >= 4 is 53.7 Å². The molecule has 26 nitrogen and oxygen atoms in total. The molecule has 0 aromatic rings. The van der Waals surface area contributed by atoms with Gasteiger partial charge in [0.1, 0.15) is 32.5 Å². The van der Waals surface area contributed by atoms with E-state index in [1.807, 2.05) is 0 Å². The van der Waals surface area contributed by atoms with Crippen LogP contribution in [0.1, 0.15) is 297 Å². The van der Waals surface area contributed by atoms with E-state index in [9.17, 15) is 68.7 Å². The number of rotatable bonds is 83. The Morgan fingerprint density at radius 2 is 0.514 bits per heavy atom. The van der Waals surface area contributed by atoms with E-state index < -0.39 is 79.9 Å². The number of carboxylic acids is 5. The van der Waals surface area contributed by atoms with Gasteiger partial charge in [0.05, 0.1) is 104 Å². The summed E-state index contributed by atoms with van der Waals surface area (Å²) in [6, 6.07) is -1.60. The Morgan fingerprint density at radius 1 is 0.276 bits per heavy atom. The number of esters is 4. The molecule has 614 valence electrons. The minimum atomic E-state index is -1.60. The van der Waals surface area contributed by atoms with Gasteiger partial charge in [-0.25, -0.2) is 0 Å². The lowest BCUT2D eigenvalue weighted by atomic mass is 9.92. The molecule has 1 atom stereocenters. The van der Waals surface area contributed by atoms with Gasteiger partial charge in [-0.1, -0.05) is 252 Å². The number of ether oxygens (including phenoxy) is 9. The smallest absolute Gasteiger partial charge is 0.321 e. The van der Waals surface area contributed by atoms with E-state index in [-0.39, 0.29) is 156 Å². The predicted octanol–water partition coefficient (Wildman–Crippen LogP) is 13.8. The number of carbonyl (C=O) groups excluding carboxylic acids is 4. The topological polar surface area (TPSA) is 348 Å². The van der Waals surface area contributed by atoms with Crippen LogP contribution in [-0.2, 0) is 85.8 Å². The van der Waals surface area contributed by atoms with Gasteiger partial charge in [-0.05, 0) is 19.3 Å². The predicted molar refractivity (Wildman–Crippen MR) is 402 cm³/mol. The highest BCUT2D eigenvalue weighted by molar-refractivity contribution is 5.81. The molecule has 105 heavy (non-hydrogen) atoms. The van der Waals surface area contributed by atoms with Gasteiger partial charge in [0.2, 0.25) is 0 Å². The monoisotopic (exact) mass is 1500 g/mol. The van der Waals surface area contributed by atoms with E-state index in [0.717, 1.165) is 67.6 Å². The van der Waals surface area contributed by atoms with Crippen LogP contribution in [-0.4, -0.2) is 245 Å². The first kappa shape index (κ1) is 99.9. The summed E-state index contributed by atoms with van der Waals surface area (Å²) in [5.41, 5.74) is -1.17. The molecule has 0 radical (unpaired) electrons. The molecule has 0 saturated heterocycles. The molecule has 0 spiro atoms. The molecule has 26 heteroatoms. The van der Waals surface area contributed by atoms with Gasteiger partial charge in [0.25, 0.3) is 0 Å². The summed E-state index contributed by atoms with van der Waals surface area (Å²) in [5, 5.41) is 47.3. The number of nitrogens with zero attached hydrogens (tertiary/aromatic N) is 3.